The maximum absolute atomic E-state index is 5.42. The van der Waals surface area contributed by atoms with Crippen molar-refractivity contribution in [3.63, 3.8) is 0 Å². The molecular weight excluding hydrogens is 254 g/mol. The molecule has 0 amide bonds. The quantitative estimate of drug-likeness (QED) is 0.503. The zero-order valence-electron chi connectivity index (χ0n) is 10.7. The minimum absolute atomic E-state index is 0.240. The molecule has 0 radical (unpaired) electrons. The van der Waals surface area contributed by atoms with Gasteiger partial charge in [-0.05, 0) is 42.5 Å². The van der Waals surface area contributed by atoms with Gasteiger partial charge in [-0.3, -0.25) is 5.43 Å². The monoisotopic (exact) mass is 271 g/mol. The highest BCUT2D eigenvalue weighted by molar-refractivity contribution is 7.80. The van der Waals surface area contributed by atoms with E-state index in [2.05, 4.69) is 47.1 Å². The Balaban J connectivity index is 1.65. The van der Waals surface area contributed by atoms with Gasteiger partial charge in [0.25, 0.3) is 0 Å². The van der Waals surface area contributed by atoms with Crippen molar-refractivity contribution in [3.05, 3.63) is 35.9 Å². The fourth-order valence-electron chi connectivity index (χ4n) is 4.96. The van der Waals surface area contributed by atoms with Gasteiger partial charge in [-0.1, -0.05) is 36.8 Å². The molecule has 19 heavy (non-hydrogen) atoms. The standard InChI is InChI=1S/C15H17N3S/c16-13(19)18-17-9-14-11-7-4-8-12(14)15(11,14)10-5-2-1-3-6-10/h1-3,5-6,9,11-12H,4,7-8H2,(H3,16,18,19). The molecule has 3 saturated carbocycles. The fraction of sp³-hybridized carbons (Fsp3) is 0.467. The maximum atomic E-state index is 5.42. The van der Waals surface area contributed by atoms with E-state index in [4.69, 9.17) is 18.0 Å². The summed E-state index contributed by atoms with van der Waals surface area (Å²) in [4.78, 5) is 0. The Morgan fingerprint density at radius 1 is 1.32 bits per heavy atom. The fourth-order valence-corrected chi connectivity index (χ4v) is 5.01. The van der Waals surface area contributed by atoms with Gasteiger partial charge in [-0.15, -0.1) is 0 Å². The van der Waals surface area contributed by atoms with Gasteiger partial charge < -0.3 is 5.73 Å². The first-order valence-electron chi connectivity index (χ1n) is 6.90. The molecule has 98 valence electrons. The summed E-state index contributed by atoms with van der Waals surface area (Å²) in [7, 11) is 0. The van der Waals surface area contributed by atoms with Crippen LogP contribution in [0.5, 0.6) is 0 Å². The summed E-state index contributed by atoms with van der Waals surface area (Å²) in [6.07, 6.45) is 6.10. The Kier molecular flexibility index (Phi) is 2.14. The lowest BCUT2D eigenvalue weighted by atomic mass is 9.77. The van der Waals surface area contributed by atoms with E-state index >= 15 is 0 Å². The second-order valence-corrected chi connectivity index (χ2v) is 6.38. The van der Waals surface area contributed by atoms with Crippen molar-refractivity contribution in [1.29, 1.82) is 0 Å². The number of hydrogen-bond acceptors (Lipinski definition) is 2. The number of nitrogens with two attached hydrogens (primary N) is 1. The summed E-state index contributed by atoms with van der Waals surface area (Å²) in [5, 5.41) is 4.50. The Hall–Kier alpha value is -1.42. The summed E-state index contributed by atoms with van der Waals surface area (Å²) in [5.74, 6) is 1.55. The normalized spacial score (nSPS) is 41.7. The van der Waals surface area contributed by atoms with Crippen LogP contribution in [0.1, 0.15) is 24.8 Å². The van der Waals surface area contributed by atoms with E-state index in [0.29, 0.717) is 10.8 Å². The van der Waals surface area contributed by atoms with Gasteiger partial charge in [0.1, 0.15) is 0 Å². The summed E-state index contributed by atoms with van der Waals surface area (Å²) < 4.78 is 0. The minimum Gasteiger partial charge on any atom is -0.375 e. The van der Waals surface area contributed by atoms with Crippen LogP contribution in [0.15, 0.2) is 35.4 Å². The lowest BCUT2D eigenvalue weighted by Gasteiger charge is -2.27. The van der Waals surface area contributed by atoms with E-state index in [1.54, 1.807) is 0 Å². The molecule has 1 aromatic carbocycles. The largest absolute Gasteiger partial charge is 0.375 e. The second-order valence-electron chi connectivity index (χ2n) is 5.94. The molecule has 4 rings (SSSR count). The van der Waals surface area contributed by atoms with Crippen molar-refractivity contribution in [2.45, 2.75) is 24.7 Å². The Morgan fingerprint density at radius 2 is 2.00 bits per heavy atom. The predicted octanol–water partition coefficient (Wildman–Crippen LogP) is 2.17. The molecule has 1 aromatic rings. The molecule has 0 spiro atoms. The van der Waals surface area contributed by atoms with Crippen molar-refractivity contribution in [1.82, 2.24) is 5.43 Å². The molecule has 4 heteroatoms. The highest BCUT2D eigenvalue weighted by Gasteiger charge is 2.97. The van der Waals surface area contributed by atoms with E-state index in [1.807, 2.05) is 0 Å². The van der Waals surface area contributed by atoms with Crippen LogP contribution < -0.4 is 11.2 Å². The number of fused-ring (bicyclic) bond motifs is 2. The van der Waals surface area contributed by atoms with Gasteiger partial charge in [0.05, 0.1) is 0 Å². The molecule has 3 aliphatic rings. The summed E-state index contributed by atoms with van der Waals surface area (Å²) in [5.41, 5.74) is 10.3. The van der Waals surface area contributed by atoms with Crippen molar-refractivity contribution in [2.24, 2.45) is 28.1 Å². The average Bonchev–Trinajstić information content (AvgIpc) is 3.26. The van der Waals surface area contributed by atoms with Crippen molar-refractivity contribution < 1.29 is 0 Å². The van der Waals surface area contributed by atoms with Crippen LogP contribution in [-0.2, 0) is 5.41 Å². The van der Waals surface area contributed by atoms with Crippen molar-refractivity contribution in [2.75, 3.05) is 0 Å². The summed E-state index contributed by atoms with van der Waals surface area (Å²) >= 11 is 4.79. The number of nitrogens with zero attached hydrogens (tertiary/aromatic N) is 1. The molecule has 3 N–H and O–H groups in total. The van der Waals surface area contributed by atoms with Gasteiger partial charge >= 0.3 is 0 Å². The van der Waals surface area contributed by atoms with Crippen LogP contribution in [0.3, 0.4) is 0 Å². The first-order chi connectivity index (χ1) is 9.24. The van der Waals surface area contributed by atoms with Gasteiger partial charge in [0.15, 0.2) is 5.11 Å². The number of hydrogen-bond donors (Lipinski definition) is 2. The molecule has 0 saturated heterocycles. The zero-order valence-corrected chi connectivity index (χ0v) is 11.5. The minimum atomic E-state index is 0.240. The third-order valence-corrected chi connectivity index (χ3v) is 5.58. The third kappa shape index (κ3) is 1.18. The van der Waals surface area contributed by atoms with E-state index in [9.17, 15) is 0 Å². The molecule has 0 bridgehead atoms. The SMILES string of the molecule is NC(=S)NN=CC12C3CCCC1C32c1ccccc1. The molecule has 2 unspecified atom stereocenters. The highest BCUT2D eigenvalue weighted by atomic mass is 32.1. The van der Waals surface area contributed by atoms with Crippen LogP contribution >= 0.6 is 12.2 Å². The smallest absolute Gasteiger partial charge is 0.184 e. The van der Waals surface area contributed by atoms with Crippen LogP contribution in [0, 0.1) is 17.3 Å². The van der Waals surface area contributed by atoms with Gasteiger partial charge in [0.2, 0.25) is 0 Å². The molecule has 3 fully saturated rings. The van der Waals surface area contributed by atoms with E-state index in [1.165, 1.54) is 24.8 Å². The Bertz CT molecular complexity index is 554. The van der Waals surface area contributed by atoms with E-state index in [0.717, 1.165) is 11.8 Å². The zero-order chi connectivity index (χ0) is 13.1. The highest BCUT2D eigenvalue weighted by Crippen LogP contribution is 2.96. The molecule has 0 aromatic heterocycles. The summed E-state index contributed by atoms with van der Waals surface area (Å²) in [6, 6.07) is 10.9. The van der Waals surface area contributed by atoms with Gasteiger partial charge in [-0.2, -0.15) is 5.10 Å². The molecule has 0 aliphatic heterocycles. The van der Waals surface area contributed by atoms with Crippen LogP contribution in [0.25, 0.3) is 0 Å². The van der Waals surface area contributed by atoms with E-state index in [-0.39, 0.29) is 5.11 Å². The lowest BCUT2D eigenvalue weighted by Crippen LogP contribution is -2.26. The Labute approximate surface area is 118 Å². The number of nitrogens with one attached hydrogen (secondary N) is 1. The second kappa shape index (κ2) is 3.57. The van der Waals surface area contributed by atoms with E-state index < -0.39 is 0 Å². The summed E-state index contributed by atoms with van der Waals surface area (Å²) in [6.45, 7) is 0. The first-order valence-corrected chi connectivity index (χ1v) is 7.30. The number of rotatable bonds is 3. The van der Waals surface area contributed by atoms with Crippen LogP contribution in [0.2, 0.25) is 0 Å². The number of thiocarbonyl (C=S) groups is 1. The first kappa shape index (κ1) is 11.4. The van der Waals surface area contributed by atoms with Gasteiger partial charge in [0, 0.05) is 17.0 Å². The van der Waals surface area contributed by atoms with Crippen LogP contribution in [-0.4, -0.2) is 11.3 Å². The Morgan fingerprint density at radius 3 is 2.63 bits per heavy atom. The molecule has 3 aliphatic carbocycles. The maximum Gasteiger partial charge on any atom is 0.184 e. The molecule has 0 heterocycles. The average molecular weight is 271 g/mol. The molecular formula is C15H17N3S. The molecule has 2 atom stereocenters. The lowest BCUT2D eigenvalue weighted by molar-refractivity contribution is 0.295. The number of benzene rings is 1. The topological polar surface area (TPSA) is 50.4 Å². The molecule has 3 nitrogen and oxygen atoms in total. The van der Waals surface area contributed by atoms with Crippen molar-refractivity contribution in [3.8, 4) is 0 Å². The van der Waals surface area contributed by atoms with Crippen LogP contribution in [0.4, 0.5) is 0 Å². The number of hydrazone groups is 1. The van der Waals surface area contributed by atoms with Gasteiger partial charge in [-0.25, -0.2) is 0 Å². The predicted molar refractivity (Wildman–Crippen MR) is 79.8 cm³/mol. The van der Waals surface area contributed by atoms with Crippen molar-refractivity contribution >= 4 is 23.5 Å². The third-order valence-electron chi connectivity index (χ3n) is 5.49.